The molecule has 13 nitrogen and oxygen atoms in total. The van der Waals surface area contributed by atoms with Crippen LogP contribution in [-0.2, 0) is 20.7 Å². The Morgan fingerprint density at radius 3 is 2.57 bits per heavy atom. The molecule has 0 saturated carbocycles. The molecule has 4 aromatic rings. The van der Waals surface area contributed by atoms with Crippen molar-refractivity contribution < 1.29 is 22.1 Å². The molecule has 2 aromatic heterocycles. The molecule has 3 N–H and O–H groups in total. The number of amidine groups is 1. The number of urea groups is 1. The van der Waals surface area contributed by atoms with E-state index in [0.717, 1.165) is 59.7 Å². The summed E-state index contributed by atoms with van der Waals surface area (Å²) in [5.41, 5.74) is 4.17. The van der Waals surface area contributed by atoms with Crippen molar-refractivity contribution >= 4 is 45.0 Å². The Kier molecular flexibility index (Phi) is 11.5. The molecule has 3 unspecified atom stereocenters. The monoisotopic (exact) mass is 742 g/mol. The van der Waals surface area contributed by atoms with Gasteiger partial charge in [-0.25, -0.2) is 9.79 Å². The molecule has 0 spiro atoms. The Labute approximate surface area is 311 Å². The molecule has 14 heteroatoms. The largest absolute Gasteiger partial charge is 0.484 e. The zero-order valence-electron chi connectivity index (χ0n) is 31.1. The second kappa shape index (κ2) is 16.0. The van der Waals surface area contributed by atoms with E-state index >= 15 is 0 Å². The molecule has 1 aliphatic heterocycles. The highest BCUT2D eigenvalue weighted by Gasteiger charge is 2.30. The summed E-state index contributed by atoms with van der Waals surface area (Å²) in [5, 5.41) is 23.7. The van der Waals surface area contributed by atoms with Gasteiger partial charge in [0, 0.05) is 24.7 Å². The number of benzene rings is 2. The van der Waals surface area contributed by atoms with Gasteiger partial charge in [-0.05, 0) is 91.8 Å². The van der Waals surface area contributed by atoms with Crippen LogP contribution in [0.4, 0.5) is 16.4 Å². The predicted octanol–water partition coefficient (Wildman–Crippen LogP) is 7.07. The van der Waals surface area contributed by atoms with Gasteiger partial charge in [-0.15, -0.1) is 10.2 Å². The van der Waals surface area contributed by atoms with Gasteiger partial charge in [0.05, 0.1) is 30.8 Å². The quantitative estimate of drug-likeness (QED) is 0.0835. The van der Waals surface area contributed by atoms with Crippen molar-refractivity contribution in [1.29, 1.82) is 5.41 Å². The Balaban J connectivity index is 1.16. The Morgan fingerprint density at radius 1 is 1.02 bits per heavy atom. The van der Waals surface area contributed by atoms with E-state index in [1.165, 1.54) is 6.42 Å². The lowest BCUT2D eigenvalue weighted by Gasteiger charge is -2.33. The van der Waals surface area contributed by atoms with Crippen LogP contribution in [0.15, 0.2) is 71.9 Å². The fourth-order valence-electron chi connectivity index (χ4n) is 6.82. The highest BCUT2D eigenvalue weighted by molar-refractivity contribution is 7.85. The van der Waals surface area contributed by atoms with Crippen molar-refractivity contribution in [3.05, 3.63) is 83.6 Å². The molecule has 2 aliphatic rings. The molecule has 3 atom stereocenters. The summed E-state index contributed by atoms with van der Waals surface area (Å²) >= 11 is 0. The Bertz CT molecular complexity index is 2090. The van der Waals surface area contributed by atoms with Gasteiger partial charge in [0.2, 0.25) is 5.95 Å². The van der Waals surface area contributed by atoms with Crippen LogP contribution in [0.5, 0.6) is 5.75 Å². The van der Waals surface area contributed by atoms with Gasteiger partial charge >= 0.3 is 6.03 Å². The smallest absolute Gasteiger partial charge is 0.320 e. The van der Waals surface area contributed by atoms with Crippen molar-refractivity contribution in [1.82, 2.24) is 25.2 Å². The lowest BCUT2D eigenvalue weighted by atomic mass is 9.85. The number of amides is 2. The van der Waals surface area contributed by atoms with E-state index in [9.17, 15) is 13.2 Å². The molecule has 6 rings (SSSR count). The van der Waals surface area contributed by atoms with Crippen LogP contribution in [0, 0.1) is 10.8 Å². The number of rotatable bonds is 11. The maximum absolute atomic E-state index is 13.6. The summed E-state index contributed by atoms with van der Waals surface area (Å²) in [6.45, 7) is 9.05. The van der Waals surface area contributed by atoms with Crippen molar-refractivity contribution in [3.8, 4) is 5.75 Å². The minimum atomic E-state index is -3.54. The molecule has 1 fully saturated rings. The van der Waals surface area contributed by atoms with Crippen molar-refractivity contribution in [2.75, 3.05) is 24.3 Å². The van der Waals surface area contributed by atoms with Gasteiger partial charge in [0.15, 0.2) is 5.65 Å². The number of fused-ring (bicyclic) bond motifs is 2. The molecular weight excluding hydrogens is 693 g/mol. The van der Waals surface area contributed by atoms with Crippen molar-refractivity contribution in [2.45, 2.75) is 90.8 Å². The minimum absolute atomic E-state index is 0.0132. The van der Waals surface area contributed by atoms with Crippen LogP contribution in [0.1, 0.15) is 95.1 Å². The third-order valence-electron chi connectivity index (χ3n) is 9.81. The number of anilines is 1. The molecule has 2 aromatic carbocycles. The molecule has 53 heavy (non-hydrogen) atoms. The summed E-state index contributed by atoms with van der Waals surface area (Å²) in [7, 11) is -3.54. The molecule has 0 radical (unpaired) electrons. The Morgan fingerprint density at radius 2 is 1.81 bits per heavy atom. The molecule has 2 amide bonds. The number of aliphatic imine (C=N–C) groups is 1. The molecule has 3 heterocycles. The molecular formula is C39H50N8O5S. The van der Waals surface area contributed by atoms with E-state index in [4.69, 9.17) is 19.3 Å². The zero-order valence-corrected chi connectivity index (χ0v) is 31.9. The number of carbonyl (C=O) groups excluding carboxylic acids is 1. The SMILES string of the molecule is CC1CCCCN1c1nnc2ccc(OC3CCC(NC(=O)NC(CC(=N)C(C)(C)C)=Nc4cccc(CCOS(C)(=O)=O)c4)c4ccccc43)cn12. The van der Waals surface area contributed by atoms with E-state index in [1.54, 1.807) is 6.07 Å². The second-order valence-corrected chi connectivity index (χ2v) is 16.6. The fraction of sp³-hybridized carbons (Fsp3) is 0.462. The molecule has 1 aliphatic carbocycles. The van der Waals surface area contributed by atoms with Gasteiger partial charge in [-0.1, -0.05) is 57.2 Å². The maximum Gasteiger partial charge on any atom is 0.320 e. The van der Waals surface area contributed by atoms with Crippen LogP contribution in [0.25, 0.3) is 5.65 Å². The van der Waals surface area contributed by atoms with Crippen LogP contribution in [0.3, 0.4) is 0 Å². The summed E-state index contributed by atoms with van der Waals surface area (Å²) in [6, 6.07) is 18.9. The first-order chi connectivity index (χ1) is 25.2. The first-order valence-corrected chi connectivity index (χ1v) is 20.1. The summed E-state index contributed by atoms with van der Waals surface area (Å²) in [6.07, 6.45) is 8.13. The van der Waals surface area contributed by atoms with Gasteiger partial charge in [0.1, 0.15) is 17.7 Å². The number of pyridine rings is 1. The molecule has 0 bridgehead atoms. The first kappa shape index (κ1) is 37.9. The molecule has 282 valence electrons. The van der Waals surface area contributed by atoms with Crippen LogP contribution in [-0.4, -0.2) is 66.0 Å². The molecule has 1 saturated heterocycles. The van der Waals surface area contributed by atoms with Crippen molar-refractivity contribution in [2.24, 2.45) is 10.4 Å². The maximum atomic E-state index is 13.6. The lowest BCUT2D eigenvalue weighted by Crippen LogP contribution is -2.43. The third-order valence-corrected chi connectivity index (χ3v) is 10.4. The predicted molar refractivity (Wildman–Crippen MR) is 207 cm³/mol. The second-order valence-electron chi connectivity index (χ2n) is 15.0. The van der Waals surface area contributed by atoms with E-state index in [1.807, 2.05) is 79.9 Å². The van der Waals surface area contributed by atoms with Gasteiger partial charge in [0.25, 0.3) is 10.1 Å². The van der Waals surface area contributed by atoms with E-state index < -0.39 is 21.6 Å². The van der Waals surface area contributed by atoms with Crippen LogP contribution in [0.2, 0.25) is 0 Å². The topological polar surface area (TPSA) is 163 Å². The Hall–Kier alpha value is -4.82. The average Bonchev–Trinajstić information content (AvgIpc) is 3.52. The van der Waals surface area contributed by atoms with E-state index in [0.29, 0.717) is 42.5 Å². The van der Waals surface area contributed by atoms with Gasteiger partial charge in [-0.2, -0.15) is 8.42 Å². The standard InChI is InChI=1S/C39H50N8O5S/c1-26-11-8-9-21-46(26)38-45-44-36-19-16-29(25-47(36)38)52-33-18-17-32(30-14-6-7-15-31(30)33)42-37(48)43-35(24-34(40)39(2,3)4)41-28-13-10-12-27(23-28)20-22-51-53(5,49)50/h6-7,10,12-16,19,23,25-26,32-33,40H,8-9,11,17-18,20-22,24H2,1-5H3,(H2,41,42,43,48). The average molecular weight is 743 g/mol. The summed E-state index contributed by atoms with van der Waals surface area (Å²) in [4.78, 5) is 20.7. The van der Waals surface area contributed by atoms with E-state index in [2.05, 4.69) is 38.7 Å². The van der Waals surface area contributed by atoms with Gasteiger partial charge < -0.3 is 20.4 Å². The number of ether oxygens (including phenoxy) is 1. The number of piperidine rings is 1. The number of nitrogens with zero attached hydrogens (tertiary/aromatic N) is 5. The number of nitrogens with one attached hydrogen (secondary N) is 3. The van der Waals surface area contributed by atoms with Crippen molar-refractivity contribution in [3.63, 3.8) is 0 Å². The number of hydrogen-bond donors (Lipinski definition) is 3. The van der Waals surface area contributed by atoms with Gasteiger partial charge in [-0.3, -0.25) is 13.9 Å². The lowest BCUT2D eigenvalue weighted by molar-refractivity contribution is 0.171. The third kappa shape index (κ3) is 9.79. The van der Waals surface area contributed by atoms with Crippen LogP contribution >= 0.6 is 0 Å². The normalized spacial score (nSPS) is 19.5. The van der Waals surface area contributed by atoms with E-state index in [-0.39, 0.29) is 25.2 Å². The van der Waals surface area contributed by atoms with Crippen LogP contribution < -0.4 is 20.3 Å². The summed E-state index contributed by atoms with van der Waals surface area (Å²) < 4.78 is 36.3. The first-order valence-electron chi connectivity index (χ1n) is 18.3. The highest BCUT2D eigenvalue weighted by Crippen LogP contribution is 2.39. The number of hydrogen-bond acceptors (Lipinski definition) is 10. The number of aromatic nitrogens is 3. The summed E-state index contributed by atoms with van der Waals surface area (Å²) in [5.74, 6) is 1.89. The fourth-order valence-corrected chi connectivity index (χ4v) is 7.21. The number of carbonyl (C=O) groups is 1. The highest BCUT2D eigenvalue weighted by atomic mass is 32.2. The minimum Gasteiger partial charge on any atom is -0.484 e. The zero-order chi connectivity index (χ0) is 37.8.